The second-order valence-electron chi connectivity index (χ2n) is 5.85. The highest BCUT2D eigenvalue weighted by Gasteiger charge is 2.19. The Morgan fingerprint density at radius 3 is 2.82 bits per heavy atom. The number of carbonyl (C=O) groups excluding carboxylic acids is 1. The maximum absolute atomic E-state index is 12.0. The van der Waals surface area contributed by atoms with Gasteiger partial charge in [-0.2, -0.15) is 5.10 Å². The molecule has 0 aliphatic carbocycles. The van der Waals surface area contributed by atoms with Gasteiger partial charge < -0.3 is 4.42 Å². The molecule has 22 heavy (non-hydrogen) atoms. The van der Waals surface area contributed by atoms with Crippen LogP contribution in [0.5, 0.6) is 0 Å². The Bertz CT molecular complexity index is 882. The molecular weight excluding hydrogens is 284 g/mol. The summed E-state index contributed by atoms with van der Waals surface area (Å²) in [6, 6.07) is 3.17. The highest BCUT2D eigenvalue weighted by molar-refractivity contribution is 5.97. The molecule has 0 spiro atoms. The van der Waals surface area contributed by atoms with Gasteiger partial charge in [0, 0.05) is 0 Å². The Labute approximate surface area is 125 Å². The second-order valence-corrected chi connectivity index (χ2v) is 5.85. The summed E-state index contributed by atoms with van der Waals surface area (Å²) >= 11 is 0. The van der Waals surface area contributed by atoms with Gasteiger partial charge in [-0.25, -0.2) is 14.3 Å². The third-order valence-corrected chi connectivity index (χ3v) is 3.14. The lowest BCUT2D eigenvalue weighted by Crippen LogP contribution is -2.33. The largest absolute Gasteiger partial charge is 0.459 e. The van der Waals surface area contributed by atoms with Gasteiger partial charge in [0.2, 0.25) is 0 Å². The molecule has 2 N–H and O–H groups in total. The van der Waals surface area contributed by atoms with Crippen LogP contribution >= 0.6 is 0 Å². The number of fused-ring (bicyclic) bond motifs is 1. The Morgan fingerprint density at radius 1 is 1.41 bits per heavy atom. The summed E-state index contributed by atoms with van der Waals surface area (Å²) in [6.07, 6.45) is 4.37. The number of hydrogen-bond acceptors (Lipinski definition) is 5. The molecule has 0 aliphatic heterocycles. The number of nitrogens with one attached hydrogen (secondary N) is 2. The lowest BCUT2D eigenvalue weighted by Gasteiger charge is -2.19. The van der Waals surface area contributed by atoms with Crippen LogP contribution in [0.4, 0.5) is 0 Å². The fraction of sp³-hybridized carbons (Fsp3) is 0.286. The average molecular weight is 300 g/mol. The predicted molar refractivity (Wildman–Crippen MR) is 78.8 cm³/mol. The van der Waals surface area contributed by atoms with Crippen LogP contribution in [0.3, 0.4) is 0 Å². The minimum atomic E-state index is -0.451. The lowest BCUT2D eigenvalue weighted by atomic mass is 10.1. The van der Waals surface area contributed by atoms with E-state index < -0.39 is 5.91 Å². The molecule has 114 valence electrons. The number of hydrogen-bond donors (Lipinski definition) is 2. The molecule has 8 heteroatoms. The molecule has 8 nitrogen and oxygen atoms in total. The van der Waals surface area contributed by atoms with Crippen molar-refractivity contribution in [2.24, 2.45) is 0 Å². The van der Waals surface area contributed by atoms with Crippen LogP contribution in [-0.4, -0.2) is 25.3 Å². The molecule has 0 saturated heterocycles. The zero-order valence-electron chi connectivity index (χ0n) is 12.5. The van der Waals surface area contributed by atoms with Gasteiger partial charge in [0.1, 0.15) is 6.33 Å². The fourth-order valence-electron chi connectivity index (χ4n) is 2.08. The molecule has 0 aromatic carbocycles. The standard InChI is InChI=1S/C14H16N6O2/c1-14(2,3)20-12-9(7-17-20)11(15)19(8-16-12)18-13(21)10-5-4-6-22-10/h4-8,15H,1-3H3,(H,18,21). The molecule has 0 radical (unpaired) electrons. The number of amides is 1. The molecule has 3 aromatic heterocycles. The quantitative estimate of drug-likeness (QED) is 0.747. The van der Waals surface area contributed by atoms with Crippen molar-refractivity contribution < 1.29 is 9.21 Å². The van der Waals surface area contributed by atoms with E-state index >= 15 is 0 Å². The summed E-state index contributed by atoms with van der Waals surface area (Å²) < 4.78 is 8.01. The normalized spacial score (nSPS) is 11.8. The first-order valence-electron chi connectivity index (χ1n) is 6.73. The van der Waals surface area contributed by atoms with E-state index in [-0.39, 0.29) is 16.8 Å². The molecule has 0 atom stereocenters. The van der Waals surface area contributed by atoms with E-state index in [1.165, 1.54) is 17.3 Å². The van der Waals surface area contributed by atoms with Crippen LogP contribution in [0.1, 0.15) is 31.3 Å². The summed E-state index contributed by atoms with van der Waals surface area (Å²) in [5.74, 6) is -0.287. The number of carbonyl (C=O) groups is 1. The molecule has 3 heterocycles. The van der Waals surface area contributed by atoms with Crippen LogP contribution < -0.4 is 10.9 Å². The summed E-state index contributed by atoms with van der Waals surface area (Å²) in [6.45, 7) is 6.01. The number of furan rings is 1. The van der Waals surface area contributed by atoms with Gasteiger partial charge in [-0.3, -0.25) is 15.6 Å². The molecule has 3 aromatic rings. The highest BCUT2D eigenvalue weighted by Crippen LogP contribution is 2.17. The van der Waals surface area contributed by atoms with Gasteiger partial charge in [0.05, 0.1) is 23.4 Å². The van der Waals surface area contributed by atoms with Crippen LogP contribution in [-0.2, 0) is 5.54 Å². The smallest absolute Gasteiger partial charge is 0.305 e. The third-order valence-electron chi connectivity index (χ3n) is 3.14. The Balaban J connectivity index is 2.01. The number of aromatic nitrogens is 4. The van der Waals surface area contributed by atoms with Crippen molar-refractivity contribution in [1.29, 1.82) is 5.41 Å². The zero-order chi connectivity index (χ0) is 15.9. The number of rotatable bonds is 2. The molecule has 0 unspecified atom stereocenters. The van der Waals surface area contributed by atoms with Crippen molar-refractivity contribution in [1.82, 2.24) is 19.4 Å². The summed E-state index contributed by atoms with van der Waals surface area (Å²) in [7, 11) is 0. The van der Waals surface area contributed by atoms with E-state index in [0.29, 0.717) is 11.0 Å². The topological polar surface area (TPSA) is 102 Å². The molecule has 0 bridgehead atoms. The maximum Gasteiger partial charge on any atom is 0.305 e. The second kappa shape index (κ2) is 4.83. The van der Waals surface area contributed by atoms with Crippen molar-refractivity contribution in [3.63, 3.8) is 0 Å². The first kappa shape index (κ1) is 14.1. The third kappa shape index (κ3) is 2.28. The first-order valence-corrected chi connectivity index (χ1v) is 6.73. The molecule has 0 saturated carbocycles. The summed E-state index contributed by atoms with van der Waals surface area (Å²) in [5.41, 5.74) is 3.00. The highest BCUT2D eigenvalue weighted by atomic mass is 16.3. The maximum atomic E-state index is 12.0. The SMILES string of the molecule is CC(C)(C)n1ncc2c(=N)n(NC(=O)c3ccco3)cnc21. The van der Waals surface area contributed by atoms with Crippen molar-refractivity contribution in [3.05, 3.63) is 42.2 Å². The minimum Gasteiger partial charge on any atom is -0.459 e. The summed E-state index contributed by atoms with van der Waals surface area (Å²) in [4.78, 5) is 16.3. The van der Waals surface area contributed by atoms with Crippen molar-refractivity contribution in [3.8, 4) is 0 Å². The Hall–Kier alpha value is -2.90. The van der Waals surface area contributed by atoms with Crippen molar-refractivity contribution in [2.45, 2.75) is 26.3 Å². The Morgan fingerprint density at radius 2 is 2.18 bits per heavy atom. The van der Waals surface area contributed by atoms with E-state index in [4.69, 9.17) is 9.83 Å². The monoisotopic (exact) mass is 300 g/mol. The first-order chi connectivity index (χ1) is 10.4. The molecule has 0 fully saturated rings. The molecular formula is C14H16N6O2. The molecule has 0 aliphatic rings. The van der Waals surface area contributed by atoms with Crippen LogP contribution in [0.2, 0.25) is 0 Å². The average Bonchev–Trinajstić information content (AvgIpc) is 3.09. The van der Waals surface area contributed by atoms with Crippen LogP contribution in [0.15, 0.2) is 35.3 Å². The lowest BCUT2D eigenvalue weighted by molar-refractivity contribution is 0.0980. The van der Waals surface area contributed by atoms with E-state index in [9.17, 15) is 4.79 Å². The van der Waals surface area contributed by atoms with Gasteiger partial charge in [0.15, 0.2) is 16.9 Å². The van der Waals surface area contributed by atoms with Crippen LogP contribution in [0, 0.1) is 5.41 Å². The van der Waals surface area contributed by atoms with Gasteiger partial charge in [-0.1, -0.05) is 0 Å². The summed E-state index contributed by atoms with van der Waals surface area (Å²) in [5, 5.41) is 13.0. The van der Waals surface area contributed by atoms with E-state index in [1.54, 1.807) is 23.0 Å². The van der Waals surface area contributed by atoms with Crippen LogP contribution in [0.25, 0.3) is 11.0 Å². The van der Waals surface area contributed by atoms with E-state index in [0.717, 1.165) is 0 Å². The van der Waals surface area contributed by atoms with Crippen molar-refractivity contribution >= 4 is 16.9 Å². The van der Waals surface area contributed by atoms with Gasteiger partial charge in [0.25, 0.3) is 0 Å². The van der Waals surface area contributed by atoms with Gasteiger partial charge >= 0.3 is 5.91 Å². The number of nitrogens with zero attached hydrogens (tertiary/aromatic N) is 4. The van der Waals surface area contributed by atoms with Gasteiger partial charge in [-0.15, -0.1) is 0 Å². The van der Waals surface area contributed by atoms with E-state index in [1.807, 2.05) is 20.8 Å². The zero-order valence-corrected chi connectivity index (χ0v) is 12.5. The predicted octanol–water partition coefficient (Wildman–Crippen LogP) is 1.44. The van der Waals surface area contributed by atoms with Gasteiger partial charge in [-0.05, 0) is 32.9 Å². The Kier molecular flexibility index (Phi) is 3.09. The van der Waals surface area contributed by atoms with Crippen molar-refractivity contribution in [2.75, 3.05) is 5.43 Å². The molecule has 1 amide bonds. The van der Waals surface area contributed by atoms with E-state index in [2.05, 4.69) is 15.5 Å². The fourth-order valence-corrected chi connectivity index (χ4v) is 2.08. The molecule has 3 rings (SSSR count). The minimum absolute atomic E-state index is 0.0976.